The first-order valence-corrected chi connectivity index (χ1v) is 6.72. The minimum absolute atomic E-state index is 0.139. The van der Waals surface area contributed by atoms with Crippen molar-refractivity contribution in [2.75, 3.05) is 13.2 Å². The molecule has 1 amide bonds. The van der Waals surface area contributed by atoms with Crippen molar-refractivity contribution in [2.45, 2.75) is 13.5 Å². The van der Waals surface area contributed by atoms with Gasteiger partial charge < -0.3 is 10.1 Å². The molecule has 0 saturated carbocycles. The van der Waals surface area contributed by atoms with Crippen molar-refractivity contribution >= 4 is 5.91 Å². The summed E-state index contributed by atoms with van der Waals surface area (Å²) in [6.45, 7) is 3.24. The molecule has 6 nitrogen and oxygen atoms in total. The Kier molecular flexibility index (Phi) is 5.09. The molecule has 1 aromatic carbocycles. The second kappa shape index (κ2) is 7.23. The zero-order chi connectivity index (χ0) is 15.1. The number of nitrogens with one attached hydrogen (secondary N) is 1. The second-order valence-corrected chi connectivity index (χ2v) is 4.33. The topological polar surface area (TPSA) is 73.2 Å². The molecule has 21 heavy (non-hydrogen) atoms. The molecule has 1 aromatic heterocycles. The molecule has 0 atom stereocenters. The SMILES string of the molecule is CCOc1ccc(C(=O)NCCn2cnccc2=O)cc1. The van der Waals surface area contributed by atoms with Gasteiger partial charge in [-0.2, -0.15) is 0 Å². The summed E-state index contributed by atoms with van der Waals surface area (Å²) in [6, 6.07) is 8.30. The summed E-state index contributed by atoms with van der Waals surface area (Å²) < 4.78 is 6.76. The molecule has 0 spiro atoms. The zero-order valence-corrected chi connectivity index (χ0v) is 11.8. The Morgan fingerprint density at radius 3 is 2.71 bits per heavy atom. The van der Waals surface area contributed by atoms with Crippen LogP contribution in [0.15, 0.2) is 47.7 Å². The van der Waals surface area contributed by atoms with E-state index in [9.17, 15) is 9.59 Å². The minimum Gasteiger partial charge on any atom is -0.494 e. The van der Waals surface area contributed by atoms with E-state index in [4.69, 9.17) is 4.74 Å². The maximum atomic E-state index is 11.9. The van der Waals surface area contributed by atoms with Crippen molar-refractivity contribution in [2.24, 2.45) is 0 Å². The fourth-order valence-electron chi connectivity index (χ4n) is 1.81. The van der Waals surface area contributed by atoms with Gasteiger partial charge in [-0.25, -0.2) is 4.98 Å². The van der Waals surface area contributed by atoms with Gasteiger partial charge in [0.25, 0.3) is 11.5 Å². The fraction of sp³-hybridized carbons (Fsp3) is 0.267. The van der Waals surface area contributed by atoms with Crippen LogP contribution in [-0.4, -0.2) is 28.6 Å². The van der Waals surface area contributed by atoms with Crippen molar-refractivity contribution in [1.82, 2.24) is 14.9 Å². The molecule has 0 saturated heterocycles. The van der Waals surface area contributed by atoms with E-state index in [2.05, 4.69) is 10.3 Å². The highest BCUT2D eigenvalue weighted by Crippen LogP contribution is 2.11. The molecule has 6 heteroatoms. The Labute approximate surface area is 122 Å². The number of amides is 1. The van der Waals surface area contributed by atoms with E-state index in [1.807, 2.05) is 6.92 Å². The lowest BCUT2D eigenvalue weighted by atomic mass is 10.2. The Balaban J connectivity index is 1.87. The molecular weight excluding hydrogens is 270 g/mol. The number of benzene rings is 1. The highest BCUT2D eigenvalue weighted by atomic mass is 16.5. The number of ether oxygens (including phenoxy) is 1. The van der Waals surface area contributed by atoms with Crippen molar-refractivity contribution in [3.8, 4) is 5.75 Å². The minimum atomic E-state index is -0.185. The van der Waals surface area contributed by atoms with Gasteiger partial charge in [0.15, 0.2) is 0 Å². The number of aromatic nitrogens is 2. The monoisotopic (exact) mass is 287 g/mol. The van der Waals surface area contributed by atoms with E-state index in [0.717, 1.165) is 5.75 Å². The van der Waals surface area contributed by atoms with Gasteiger partial charge in [-0.3, -0.25) is 14.2 Å². The van der Waals surface area contributed by atoms with Crippen LogP contribution in [0.5, 0.6) is 5.75 Å². The van der Waals surface area contributed by atoms with Crippen LogP contribution >= 0.6 is 0 Å². The third-order valence-corrected chi connectivity index (χ3v) is 2.86. The molecular formula is C15H17N3O3. The average Bonchev–Trinajstić information content (AvgIpc) is 2.50. The first-order chi connectivity index (χ1) is 10.2. The molecule has 0 radical (unpaired) electrons. The third-order valence-electron chi connectivity index (χ3n) is 2.86. The van der Waals surface area contributed by atoms with Crippen LogP contribution in [0, 0.1) is 0 Å². The second-order valence-electron chi connectivity index (χ2n) is 4.33. The van der Waals surface area contributed by atoms with Crippen LogP contribution in [0.25, 0.3) is 0 Å². The smallest absolute Gasteiger partial charge is 0.253 e. The molecule has 110 valence electrons. The predicted molar refractivity (Wildman–Crippen MR) is 78.4 cm³/mol. The zero-order valence-electron chi connectivity index (χ0n) is 11.8. The van der Waals surface area contributed by atoms with E-state index in [0.29, 0.717) is 25.3 Å². The fourth-order valence-corrected chi connectivity index (χ4v) is 1.81. The van der Waals surface area contributed by atoms with Gasteiger partial charge in [0.2, 0.25) is 0 Å². The summed E-state index contributed by atoms with van der Waals surface area (Å²) in [4.78, 5) is 27.3. The maximum Gasteiger partial charge on any atom is 0.253 e. The first kappa shape index (κ1) is 14.8. The number of rotatable bonds is 6. The molecule has 0 fully saturated rings. The predicted octanol–water partition coefficient (Wildman–Crippen LogP) is 1.07. The van der Waals surface area contributed by atoms with E-state index in [1.165, 1.54) is 23.2 Å². The van der Waals surface area contributed by atoms with Gasteiger partial charge >= 0.3 is 0 Å². The first-order valence-electron chi connectivity index (χ1n) is 6.72. The third kappa shape index (κ3) is 4.17. The van der Waals surface area contributed by atoms with E-state index >= 15 is 0 Å². The number of hydrogen-bond acceptors (Lipinski definition) is 4. The van der Waals surface area contributed by atoms with Gasteiger partial charge in [-0.1, -0.05) is 0 Å². The van der Waals surface area contributed by atoms with E-state index in [-0.39, 0.29) is 11.5 Å². The van der Waals surface area contributed by atoms with Gasteiger partial charge in [0.1, 0.15) is 5.75 Å². The lowest BCUT2D eigenvalue weighted by Gasteiger charge is -2.08. The number of carbonyl (C=O) groups excluding carboxylic acids is 1. The molecule has 0 aliphatic carbocycles. The standard InChI is InChI=1S/C15H17N3O3/c1-2-21-13-5-3-12(4-6-13)15(20)17-9-10-18-11-16-8-7-14(18)19/h3-8,11H,2,9-10H2,1H3,(H,17,20). The molecule has 1 heterocycles. The molecule has 2 aromatic rings. The van der Waals surface area contributed by atoms with Crippen molar-refractivity contribution in [3.05, 3.63) is 58.8 Å². The van der Waals surface area contributed by atoms with Crippen molar-refractivity contribution in [3.63, 3.8) is 0 Å². The normalized spacial score (nSPS) is 10.1. The van der Waals surface area contributed by atoms with Gasteiger partial charge in [0.05, 0.1) is 12.9 Å². The molecule has 0 aliphatic heterocycles. The highest BCUT2D eigenvalue weighted by molar-refractivity contribution is 5.94. The number of nitrogens with zero attached hydrogens (tertiary/aromatic N) is 2. The van der Waals surface area contributed by atoms with Crippen LogP contribution in [-0.2, 0) is 6.54 Å². The highest BCUT2D eigenvalue weighted by Gasteiger charge is 2.05. The Morgan fingerprint density at radius 1 is 1.29 bits per heavy atom. The number of carbonyl (C=O) groups is 1. The molecule has 1 N–H and O–H groups in total. The van der Waals surface area contributed by atoms with Gasteiger partial charge in [-0.15, -0.1) is 0 Å². The lowest BCUT2D eigenvalue weighted by Crippen LogP contribution is -2.30. The molecule has 2 rings (SSSR count). The summed E-state index contributed by atoms with van der Waals surface area (Å²) >= 11 is 0. The van der Waals surface area contributed by atoms with E-state index in [1.54, 1.807) is 24.3 Å². The summed E-state index contributed by atoms with van der Waals surface area (Å²) in [5.41, 5.74) is 0.414. The summed E-state index contributed by atoms with van der Waals surface area (Å²) in [6.07, 6.45) is 2.89. The Bertz CT molecular complexity index is 650. The largest absolute Gasteiger partial charge is 0.494 e. The summed E-state index contributed by atoms with van der Waals surface area (Å²) in [5, 5.41) is 2.76. The van der Waals surface area contributed by atoms with Gasteiger partial charge in [-0.05, 0) is 31.2 Å². The summed E-state index contributed by atoms with van der Waals surface area (Å²) in [7, 11) is 0. The number of hydrogen-bond donors (Lipinski definition) is 1. The van der Waals surface area contributed by atoms with Crippen LogP contribution in [0.2, 0.25) is 0 Å². The summed E-state index contributed by atoms with van der Waals surface area (Å²) in [5.74, 6) is 0.547. The van der Waals surface area contributed by atoms with Crippen molar-refractivity contribution < 1.29 is 9.53 Å². The van der Waals surface area contributed by atoms with Crippen LogP contribution in [0.1, 0.15) is 17.3 Å². The average molecular weight is 287 g/mol. The van der Waals surface area contributed by atoms with Crippen molar-refractivity contribution in [1.29, 1.82) is 0 Å². The molecule has 0 bridgehead atoms. The Morgan fingerprint density at radius 2 is 2.05 bits per heavy atom. The van der Waals surface area contributed by atoms with Crippen LogP contribution in [0.3, 0.4) is 0 Å². The van der Waals surface area contributed by atoms with Crippen LogP contribution in [0.4, 0.5) is 0 Å². The molecule has 0 aliphatic rings. The van der Waals surface area contributed by atoms with Gasteiger partial charge in [0, 0.05) is 30.9 Å². The van der Waals surface area contributed by atoms with Crippen LogP contribution < -0.4 is 15.6 Å². The quantitative estimate of drug-likeness (QED) is 0.862. The lowest BCUT2D eigenvalue weighted by molar-refractivity contribution is 0.0952. The maximum absolute atomic E-state index is 11.9. The van der Waals surface area contributed by atoms with E-state index < -0.39 is 0 Å². The molecule has 0 unspecified atom stereocenters. The Hall–Kier alpha value is -2.63.